The van der Waals surface area contributed by atoms with Crippen LogP contribution in [0, 0.1) is 5.92 Å². The van der Waals surface area contributed by atoms with E-state index in [0.717, 1.165) is 25.4 Å². The summed E-state index contributed by atoms with van der Waals surface area (Å²) in [5, 5.41) is 10.8. The van der Waals surface area contributed by atoms with Crippen LogP contribution in [0.3, 0.4) is 0 Å². The van der Waals surface area contributed by atoms with E-state index in [9.17, 15) is 5.11 Å². The molecule has 1 heterocycles. The lowest BCUT2D eigenvalue weighted by Crippen LogP contribution is -2.36. The van der Waals surface area contributed by atoms with E-state index in [2.05, 4.69) is 25.7 Å². The predicted octanol–water partition coefficient (Wildman–Crippen LogP) is 2.86. The number of nitrogens with zero attached hydrogens (tertiary/aromatic N) is 2. The zero-order valence-corrected chi connectivity index (χ0v) is 13.3. The first-order valence-corrected chi connectivity index (χ1v) is 8.17. The second kappa shape index (κ2) is 6.33. The zero-order valence-electron chi connectivity index (χ0n) is 12.5. The third kappa shape index (κ3) is 4.01. The smallest absolute Gasteiger partial charge is 0.107 e. The van der Waals surface area contributed by atoms with E-state index in [-0.39, 0.29) is 6.10 Å². The number of aryl methyl sites for hydroxylation is 1. The highest BCUT2D eigenvalue weighted by atomic mass is 32.1. The normalized spacial score (nSPS) is 20.9. The lowest BCUT2D eigenvalue weighted by Gasteiger charge is -2.26. The Labute approximate surface area is 120 Å². The van der Waals surface area contributed by atoms with Crippen molar-refractivity contribution < 1.29 is 5.11 Å². The molecular formula is C15H26N2OS. The minimum Gasteiger partial charge on any atom is -0.392 e. The largest absolute Gasteiger partial charge is 0.392 e. The molecule has 0 aromatic carbocycles. The highest BCUT2D eigenvalue weighted by molar-refractivity contribution is 7.11. The molecule has 0 spiro atoms. The van der Waals surface area contributed by atoms with Gasteiger partial charge in [-0.1, -0.05) is 6.92 Å². The van der Waals surface area contributed by atoms with E-state index in [0.29, 0.717) is 6.04 Å². The first-order valence-electron chi connectivity index (χ1n) is 7.35. The molecule has 3 nitrogen and oxygen atoms in total. The average molecular weight is 282 g/mol. The molecule has 2 atom stereocenters. The Balaban J connectivity index is 2.05. The van der Waals surface area contributed by atoms with Gasteiger partial charge in [0.25, 0.3) is 0 Å². The summed E-state index contributed by atoms with van der Waals surface area (Å²) in [7, 11) is 0. The fourth-order valence-corrected chi connectivity index (χ4v) is 3.94. The second-order valence-corrected chi connectivity index (χ2v) is 7.37. The lowest BCUT2D eigenvalue weighted by atomic mass is 9.93. The highest BCUT2D eigenvalue weighted by Gasteiger charge is 2.21. The molecule has 0 aliphatic heterocycles. The van der Waals surface area contributed by atoms with E-state index in [1.165, 1.54) is 28.4 Å². The van der Waals surface area contributed by atoms with Gasteiger partial charge in [0.2, 0.25) is 0 Å². The van der Waals surface area contributed by atoms with Crippen LogP contribution in [-0.4, -0.2) is 33.7 Å². The van der Waals surface area contributed by atoms with Gasteiger partial charge >= 0.3 is 0 Å². The van der Waals surface area contributed by atoms with E-state index in [1.807, 2.05) is 18.3 Å². The van der Waals surface area contributed by atoms with E-state index in [1.54, 1.807) is 0 Å². The highest BCUT2D eigenvalue weighted by Crippen LogP contribution is 2.30. The predicted molar refractivity (Wildman–Crippen MR) is 80.5 cm³/mol. The molecule has 0 radical (unpaired) electrons. The lowest BCUT2D eigenvalue weighted by molar-refractivity contribution is 0.103. The Morgan fingerprint density at radius 2 is 2.16 bits per heavy atom. The molecule has 19 heavy (non-hydrogen) atoms. The van der Waals surface area contributed by atoms with Crippen molar-refractivity contribution >= 4 is 11.3 Å². The van der Waals surface area contributed by atoms with Crippen molar-refractivity contribution in [2.75, 3.05) is 6.54 Å². The molecule has 1 aromatic heterocycles. The summed E-state index contributed by atoms with van der Waals surface area (Å²) in [5.41, 5.74) is 1.33. The van der Waals surface area contributed by atoms with Crippen LogP contribution in [0.15, 0.2) is 0 Å². The van der Waals surface area contributed by atoms with Crippen LogP contribution >= 0.6 is 11.3 Å². The van der Waals surface area contributed by atoms with Gasteiger partial charge in [-0.2, -0.15) is 0 Å². The average Bonchev–Trinajstić information content (AvgIpc) is 2.68. The molecule has 0 fully saturated rings. The van der Waals surface area contributed by atoms with Crippen LogP contribution in [0.25, 0.3) is 0 Å². The zero-order chi connectivity index (χ0) is 14.0. The molecule has 4 heteroatoms. The molecule has 0 bridgehead atoms. The van der Waals surface area contributed by atoms with E-state index < -0.39 is 0 Å². The van der Waals surface area contributed by atoms with E-state index in [4.69, 9.17) is 4.98 Å². The molecule has 1 N–H and O–H groups in total. The minimum absolute atomic E-state index is 0.281. The van der Waals surface area contributed by atoms with Gasteiger partial charge in [0, 0.05) is 17.5 Å². The van der Waals surface area contributed by atoms with Crippen molar-refractivity contribution in [3.05, 3.63) is 15.6 Å². The monoisotopic (exact) mass is 282 g/mol. The van der Waals surface area contributed by atoms with Gasteiger partial charge in [0.1, 0.15) is 5.01 Å². The van der Waals surface area contributed by atoms with Crippen LogP contribution in [0.4, 0.5) is 0 Å². The maximum atomic E-state index is 9.59. The van der Waals surface area contributed by atoms with Gasteiger partial charge in [-0.05, 0) is 46.0 Å². The number of hydrogen-bond acceptors (Lipinski definition) is 4. The molecule has 0 saturated carbocycles. The molecule has 2 rings (SSSR count). The summed E-state index contributed by atoms with van der Waals surface area (Å²) in [5.74, 6) is 0.805. The van der Waals surface area contributed by atoms with Crippen molar-refractivity contribution in [2.45, 2.75) is 65.6 Å². The van der Waals surface area contributed by atoms with Crippen LogP contribution in [0.2, 0.25) is 0 Å². The molecular weight excluding hydrogens is 256 g/mol. The Morgan fingerprint density at radius 1 is 1.42 bits per heavy atom. The molecule has 108 valence electrons. The molecule has 0 saturated heterocycles. The van der Waals surface area contributed by atoms with Crippen molar-refractivity contribution in [3.8, 4) is 0 Å². The molecule has 1 aromatic rings. The number of fused-ring (bicyclic) bond motifs is 1. The number of hydrogen-bond donors (Lipinski definition) is 1. The number of rotatable bonds is 5. The third-order valence-electron chi connectivity index (χ3n) is 3.80. The number of thiazole rings is 1. The van der Waals surface area contributed by atoms with Crippen molar-refractivity contribution in [3.63, 3.8) is 0 Å². The summed E-state index contributed by atoms with van der Waals surface area (Å²) in [4.78, 5) is 8.61. The first-order chi connectivity index (χ1) is 8.95. The second-order valence-electron chi connectivity index (χ2n) is 6.20. The Bertz CT molecular complexity index is 414. The van der Waals surface area contributed by atoms with Gasteiger partial charge in [-0.25, -0.2) is 4.98 Å². The molecule has 2 unspecified atom stereocenters. The summed E-state index contributed by atoms with van der Waals surface area (Å²) in [6.07, 6.45) is 3.34. The van der Waals surface area contributed by atoms with Crippen LogP contribution in [-0.2, 0) is 19.4 Å². The summed E-state index contributed by atoms with van der Waals surface area (Å²) < 4.78 is 0. The van der Waals surface area contributed by atoms with Crippen molar-refractivity contribution in [2.24, 2.45) is 5.92 Å². The Morgan fingerprint density at radius 3 is 2.79 bits per heavy atom. The fourth-order valence-electron chi connectivity index (χ4n) is 2.63. The summed E-state index contributed by atoms with van der Waals surface area (Å²) in [6.45, 7) is 10.1. The Hall–Kier alpha value is -0.450. The van der Waals surface area contributed by atoms with Crippen LogP contribution in [0.5, 0.6) is 0 Å². The number of aliphatic hydroxyl groups excluding tert-OH is 1. The van der Waals surface area contributed by atoms with Crippen molar-refractivity contribution in [1.82, 2.24) is 9.88 Å². The number of aliphatic hydroxyl groups is 1. The van der Waals surface area contributed by atoms with Crippen LogP contribution in [0.1, 0.15) is 49.7 Å². The standard InChI is InChI=1S/C15H26N2OS/c1-10(2)17(8-12(4)18)9-15-16-13-6-5-11(3)7-14(13)19-15/h10-12,18H,5-9H2,1-4H3. The van der Waals surface area contributed by atoms with E-state index >= 15 is 0 Å². The quantitative estimate of drug-likeness (QED) is 0.902. The van der Waals surface area contributed by atoms with Gasteiger partial charge < -0.3 is 5.11 Å². The minimum atomic E-state index is -0.281. The fraction of sp³-hybridized carbons (Fsp3) is 0.800. The first kappa shape index (κ1) is 14.9. The molecule has 1 aliphatic rings. The van der Waals surface area contributed by atoms with Gasteiger partial charge in [0.05, 0.1) is 18.3 Å². The summed E-state index contributed by atoms with van der Waals surface area (Å²) >= 11 is 1.88. The maximum Gasteiger partial charge on any atom is 0.107 e. The molecule has 0 amide bonds. The van der Waals surface area contributed by atoms with Gasteiger partial charge in [0.15, 0.2) is 0 Å². The SMILES string of the molecule is CC(O)CN(Cc1nc2c(s1)CC(C)CC2)C(C)C. The maximum absolute atomic E-state index is 9.59. The molecule has 1 aliphatic carbocycles. The summed E-state index contributed by atoms with van der Waals surface area (Å²) in [6, 6.07) is 0.439. The van der Waals surface area contributed by atoms with Gasteiger partial charge in [-0.3, -0.25) is 4.90 Å². The van der Waals surface area contributed by atoms with Gasteiger partial charge in [-0.15, -0.1) is 11.3 Å². The Kier molecular flexibility index (Phi) is 4.98. The number of aromatic nitrogens is 1. The van der Waals surface area contributed by atoms with Crippen LogP contribution < -0.4 is 0 Å². The third-order valence-corrected chi connectivity index (χ3v) is 4.90. The topological polar surface area (TPSA) is 36.4 Å². The van der Waals surface area contributed by atoms with Crippen molar-refractivity contribution in [1.29, 1.82) is 0 Å².